The maximum Gasteiger partial charge on any atom is 0.0642 e. The Morgan fingerprint density at radius 3 is 2.40 bits per heavy atom. The van der Waals surface area contributed by atoms with Crippen LogP contribution in [-0.2, 0) is 11.2 Å². The molecule has 1 aliphatic heterocycles. The van der Waals surface area contributed by atoms with E-state index >= 15 is 0 Å². The topological polar surface area (TPSA) is 12.5 Å². The molecule has 1 aliphatic rings. The van der Waals surface area contributed by atoms with Gasteiger partial charge in [-0.15, -0.1) is 0 Å². The van der Waals surface area contributed by atoms with Crippen molar-refractivity contribution in [3.63, 3.8) is 0 Å². The van der Waals surface area contributed by atoms with Crippen LogP contribution >= 0.6 is 0 Å². The molecule has 0 spiro atoms. The maximum absolute atomic E-state index is 5.33. The number of hydrogen-bond donors (Lipinski definition) is 0. The predicted molar refractivity (Wildman–Crippen MR) is 63.2 cm³/mol. The fourth-order valence-corrected chi connectivity index (χ4v) is 1.90. The largest absolute Gasteiger partial charge is 0.378 e. The summed E-state index contributed by atoms with van der Waals surface area (Å²) in [4.78, 5) is 2.37. The molecule has 1 aromatic carbocycles. The lowest BCUT2D eigenvalue weighted by molar-refractivity contribution is 0.122. The second-order valence-electron chi connectivity index (χ2n) is 3.87. The van der Waals surface area contributed by atoms with Gasteiger partial charge in [-0.2, -0.15) is 0 Å². The van der Waals surface area contributed by atoms with Gasteiger partial charge in [0, 0.05) is 18.8 Å². The zero-order valence-electron chi connectivity index (χ0n) is 9.11. The molecule has 0 unspecified atom stereocenters. The molecule has 0 atom stereocenters. The first-order valence-electron chi connectivity index (χ1n) is 5.61. The second-order valence-corrected chi connectivity index (χ2v) is 3.87. The summed E-state index contributed by atoms with van der Waals surface area (Å²) < 4.78 is 5.33. The van der Waals surface area contributed by atoms with Crippen LogP contribution in [0.4, 0.5) is 5.69 Å². The zero-order chi connectivity index (χ0) is 10.5. The molecule has 2 heteroatoms. The lowest BCUT2D eigenvalue weighted by Crippen LogP contribution is -2.36. The van der Waals surface area contributed by atoms with Gasteiger partial charge in [-0.1, -0.05) is 19.1 Å². The lowest BCUT2D eigenvalue weighted by atomic mass is 10.1. The first-order chi connectivity index (χ1) is 7.40. The first kappa shape index (κ1) is 10.5. The van der Waals surface area contributed by atoms with E-state index in [4.69, 9.17) is 4.74 Å². The smallest absolute Gasteiger partial charge is 0.0642 e. The van der Waals surface area contributed by atoms with E-state index in [1.807, 2.05) is 0 Å². The van der Waals surface area contributed by atoms with Gasteiger partial charge in [0.2, 0.25) is 0 Å². The number of morpholine rings is 1. The molecule has 2 nitrogen and oxygen atoms in total. The summed E-state index contributed by atoms with van der Waals surface area (Å²) in [6.07, 6.45) is 2.04. The van der Waals surface area contributed by atoms with Crippen LogP contribution in [0.5, 0.6) is 0 Å². The number of nitrogens with zero attached hydrogens (tertiary/aromatic N) is 1. The summed E-state index contributed by atoms with van der Waals surface area (Å²) in [5.74, 6) is 0. The van der Waals surface area contributed by atoms with Crippen LogP contribution in [0.15, 0.2) is 24.3 Å². The molecule has 1 saturated heterocycles. The van der Waals surface area contributed by atoms with Gasteiger partial charge < -0.3 is 9.64 Å². The summed E-state index contributed by atoms with van der Waals surface area (Å²) in [5, 5.41) is 0. The molecule has 0 aromatic heterocycles. The summed E-state index contributed by atoms with van der Waals surface area (Å²) >= 11 is 0. The Balaban J connectivity index is 2.02. The van der Waals surface area contributed by atoms with Gasteiger partial charge in [-0.25, -0.2) is 0 Å². The molecular formula is C13H18NO. The van der Waals surface area contributed by atoms with E-state index in [0.29, 0.717) is 0 Å². The van der Waals surface area contributed by atoms with Crippen LogP contribution in [-0.4, -0.2) is 26.3 Å². The lowest BCUT2D eigenvalue weighted by Gasteiger charge is -2.28. The van der Waals surface area contributed by atoms with Crippen molar-refractivity contribution in [2.75, 3.05) is 31.2 Å². The summed E-state index contributed by atoms with van der Waals surface area (Å²) in [6, 6.07) is 8.82. The van der Waals surface area contributed by atoms with Crippen molar-refractivity contribution < 1.29 is 4.74 Å². The minimum atomic E-state index is 0.848. The highest BCUT2D eigenvalue weighted by Crippen LogP contribution is 2.17. The summed E-state index contributed by atoms with van der Waals surface area (Å²) in [6.45, 7) is 7.58. The number of benzene rings is 1. The van der Waals surface area contributed by atoms with E-state index in [0.717, 1.165) is 39.1 Å². The highest BCUT2D eigenvalue weighted by atomic mass is 16.5. The normalized spacial score (nSPS) is 16.7. The molecule has 1 fully saturated rings. The molecule has 1 aromatic rings. The Morgan fingerprint density at radius 2 is 1.80 bits per heavy atom. The van der Waals surface area contributed by atoms with Crippen molar-refractivity contribution in [2.24, 2.45) is 0 Å². The average Bonchev–Trinajstić information content (AvgIpc) is 2.32. The predicted octanol–water partition coefficient (Wildman–Crippen LogP) is 2.29. The molecular weight excluding hydrogens is 186 g/mol. The summed E-state index contributed by atoms with van der Waals surface area (Å²) in [5.41, 5.74) is 2.69. The first-order valence-corrected chi connectivity index (χ1v) is 5.61. The molecule has 2 rings (SSSR count). The van der Waals surface area contributed by atoms with Crippen LogP contribution in [0, 0.1) is 6.92 Å². The van der Waals surface area contributed by atoms with Crippen LogP contribution in [0.1, 0.15) is 12.0 Å². The number of ether oxygens (including phenoxy) is 1. The van der Waals surface area contributed by atoms with Crippen molar-refractivity contribution in [1.29, 1.82) is 0 Å². The standard InChI is InChI=1S/C13H18NO/c1-2-3-12-4-6-13(7-5-12)14-8-10-15-11-9-14/h4-7H,1-3,8-11H2. The number of hydrogen-bond acceptors (Lipinski definition) is 2. The molecule has 0 saturated carbocycles. The van der Waals surface area contributed by atoms with Crippen molar-refractivity contribution in [3.05, 3.63) is 36.8 Å². The molecule has 1 heterocycles. The fraction of sp³-hybridized carbons (Fsp3) is 0.462. The van der Waals surface area contributed by atoms with Crippen molar-refractivity contribution in [1.82, 2.24) is 0 Å². The van der Waals surface area contributed by atoms with Crippen LogP contribution in [0.25, 0.3) is 0 Å². The SMILES string of the molecule is [CH2]CCc1ccc(N2CCOCC2)cc1. The van der Waals surface area contributed by atoms with Gasteiger partial charge in [-0.3, -0.25) is 0 Å². The minimum absolute atomic E-state index is 0.848. The quantitative estimate of drug-likeness (QED) is 0.749. The Morgan fingerprint density at radius 1 is 1.13 bits per heavy atom. The molecule has 15 heavy (non-hydrogen) atoms. The Labute approximate surface area is 91.9 Å². The van der Waals surface area contributed by atoms with Crippen molar-refractivity contribution >= 4 is 5.69 Å². The van der Waals surface area contributed by atoms with Gasteiger partial charge in [0.1, 0.15) is 0 Å². The van der Waals surface area contributed by atoms with Crippen LogP contribution in [0.3, 0.4) is 0 Å². The Bertz CT molecular complexity index is 288. The van der Waals surface area contributed by atoms with E-state index in [9.17, 15) is 0 Å². The second kappa shape index (κ2) is 5.17. The van der Waals surface area contributed by atoms with Gasteiger partial charge in [-0.05, 0) is 30.5 Å². The molecule has 0 aliphatic carbocycles. The van der Waals surface area contributed by atoms with Crippen LogP contribution < -0.4 is 4.90 Å². The molecule has 0 N–H and O–H groups in total. The fourth-order valence-electron chi connectivity index (χ4n) is 1.90. The third-order valence-corrected chi connectivity index (χ3v) is 2.78. The minimum Gasteiger partial charge on any atom is -0.378 e. The third-order valence-electron chi connectivity index (χ3n) is 2.78. The molecule has 81 valence electrons. The van der Waals surface area contributed by atoms with E-state index in [1.54, 1.807) is 0 Å². The van der Waals surface area contributed by atoms with Crippen LogP contribution in [0.2, 0.25) is 0 Å². The highest BCUT2D eigenvalue weighted by molar-refractivity contribution is 5.47. The number of aryl methyl sites for hydroxylation is 1. The maximum atomic E-state index is 5.33. The van der Waals surface area contributed by atoms with Gasteiger partial charge in [0.15, 0.2) is 0 Å². The zero-order valence-corrected chi connectivity index (χ0v) is 9.11. The monoisotopic (exact) mass is 204 g/mol. The van der Waals surface area contributed by atoms with E-state index in [-0.39, 0.29) is 0 Å². The molecule has 0 amide bonds. The number of anilines is 1. The van der Waals surface area contributed by atoms with Crippen molar-refractivity contribution in [3.8, 4) is 0 Å². The third kappa shape index (κ3) is 2.72. The molecule has 0 bridgehead atoms. The van der Waals surface area contributed by atoms with Gasteiger partial charge in [0.05, 0.1) is 13.2 Å². The van der Waals surface area contributed by atoms with E-state index in [2.05, 4.69) is 36.1 Å². The van der Waals surface area contributed by atoms with E-state index in [1.165, 1.54) is 11.3 Å². The summed E-state index contributed by atoms with van der Waals surface area (Å²) in [7, 11) is 0. The highest BCUT2D eigenvalue weighted by Gasteiger charge is 2.10. The number of rotatable bonds is 3. The molecule has 1 radical (unpaired) electrons. The van der Waals surface area contributed by atoms with Gasteiger partial charge in [0.25, 0.3) is 0 Å². The Hall–Kier alpha value is -1.02. The average molecular weight is 204 g/mol. The van der Waals surface area contributed by atoms with E-state index < -0.39 is 0 Å². The Kier molecular flexibility index (Phi) is 3.62. The van der Waals surface area contributed by atoms with Gasteiger partial charge >= 0.3 is 0 Å². The van der Waals surface area contributed by atoms with Crippen molar-refractivity contribution in [2.45, 2.75) is 12.8 Å².